The SMILES string of the molecule is O=C(Nc1cccc(N2CCOCC2)n1)c1ccc(F)nc1N1CCC2(CC1)CC2. The molecule has 3 fully saturated rings. The molecule has 2 aromatic heterocycles. The number of halogens is 1. The molecule has 0 radical (unpaired) electrons. The zero-order valence-corrected chi connectivity index (χ0v) is 16.9. The van der Waals surface area contributed by atoms with E-state index in [-0.39, 0.29) is 5.91 Å². The third kappa shape index (κ3) is 3.96. The standard InChI is InChI=1S/C22H26FN5O2/c23-17-5-4-16(20(24-17)28-10-8-22(6-7-22)9-11-28)21(29)26-18-2-1-3-19(25-18)27-12-14-30-15-13-27/h1-5H,6-15H2,(H,25,26,29). The van der Waals surface area contributed by atoms with Crippen LogP contribution < -0.4 is 15.1 Å². The van der Waals surface area contributed by atoms with E-state index in [1.165, 1.54) is 25.0 Å². The number of nitrogens with one attached hydrogen (secondary N) is 1. The molecule has 8 heteroatoms. The maximum atomic E-state index is 13.9. The Balaban J connectivity index is 1.34. The highest BCUT2D eigenvalue weighted by Crippen LogP contribution is 2.53. The van der Waals surface area contributed by atoms with Gasteiger partial charge in [0.2, 0.25) is 5.95 Å². The summed E-state index contributed by atoms with van der Waals surface area (Å²) in [5.41, 5.74) is 0.873. The van der Waals surface area contributed by atoms with Crippen LogP contribution in [-0.2, 0) is 4.74 Å². The van der Waals surface area contributed by atoms with Crippen molar-refractivity contribution in [2.75, 3.05) is 54.5 Å². The van der Waals surface area contributed by atoms with Gasteiger partial charge < -0.3 is 19.9 Å². The van der Waals surface area contributed by atoms with Gasteiger partial charge in [-0.25, -0.2) is 9.97 Å². The van der Waals surface area contributed by atoms with Crippen molar-refractivity contribution < 1.29 is 13.9 Å². The lowest BCUT2D eigenvalue weighted by atomic mass is 9.93. The fourth-order valence-corrected chi connectivity index (χ4v) is 4.36. The van der Waals surface area contributed by atoms with E-state index >= 15 is 0 Å². The normalized spacial score (nSPS) is 20.3. The molecule has 7 nitrogen and oxygen atoms in total. The summed E-state index contributed by atoms with van der Waals surface area (Å²) in [5, 5.41) is 2.87. The van der Waals surface area contributed by atoms with Crippen LogP contribution in [0.2, 0.25) is 0 Å². The predicted molar refractivity (Wildman–Crippen MR) is 113 cm³/mol. The van der Waals surface area contributed by atoms with Crippen molar-refractivity contribution in [1.29, 1.82) is 0 Å². The van der Waals surface area contributed by atoms with Gasteiger partial charge in [0.05, 0.1) is 18.8 Å². The smallest absolute Gasteiger partial charge is 0.260 e. The third-order valence-corrected chi connectivity index (χ3v) is 6.48. The van der Waals surface area contributed by atoms with Crippen LogP contribution in [0.25, 0.3) is 0 Å². The van der Waals surface area contributed by atoms with E-state index in [1.54, 1.807) is 6.07 Å². The second-order valence-corrected chi connectivity index (χ2v) is 8.43. The summed E-state index contributed by atoms with van der Waals surface area (Å²) in [6.07, 6.45) is 4.73. The maximum absolute atomic E-state index is 13.9. The second-order valence-electron chi connectivity index (χ2n) is 8.43. The van der Waals surface area contributed by atoms with Gasteiger partial charge in [-0.05, 0) is 55.4 Å². The summed E-state index contributed by atoms with van der Waals surface area (Å²) < 4.78 is 19.3. The molecule has 5 rings (SSSR count). The van der Waals surface area contributed by atoms with Gasteiger partial charge in [0, 0.05) is 26.2 Å². The highest BCUT2D eigenvalue weighted by atomic mass is 19.1. The van der Waals surface area contributed by atoms with E-state index in [1.807, 2.05) is 17.0 Å². The van der Waals surface area contributed by atoms with E-state index in [0.29, 0.717) is 35.8 Å². The molecule has 4 heterocycles. The average Bonchev–Trinajstić information content (AvgIpc) is 3.53. The average molecular weight is 411 g/mol. The minimum atomic E-state index is -0.569. The van der Waals surface area contributed by atoms with E-state index in [0.717, 1.165) is 44.8 Å². The largest absolute Gasteiger partial charge is 0.378 e. The van der Waals surface area contributed by atoms with Crippen LogP contribution in [0.15, 0.2) is 30.3 Å². The number of aromatic nitrogens is 2. The summed E-state index contributed by atoms with van der Waals surface area (Å²) in [7, 11) is 0. The Bertz CT molecular complexity index is 933. The predicted octanol–water partition coefficient (Wildman–Crippen LogP) is 3.09. The summed E-state index contributed by atoms with van der Waals surface area (Å²) in [4.78, 5) is 25.9. The Hall–Kier alpha value is -2.74. The van der Waals surface area contributed by atoms with Crippen LogP contribution in [0.4, 0.5) is 21.8 Å². The molecule has 2 aliphatic heterocycles. The molecule has 3 aliphatic rings. The molecule has 0 atom stereocenters. The number of hydrogen-bond acceptors (Lipinski definition) is 6. The van der Waals surface area contributed by atoms with Crippen molar-refractivity contribution in [2.24, 2.45) is 5.41 Å². The van der Waals surface area contributed by atoms with Crippen LogP contribution in [-0.4, -0.2) is 55.3 Å². The molecule has 158 valence electrons. The lowest BCUT2D eigenvalue weighted by Gasteiger charge is -2.33. The minimum absolute atomic E-state index is 0.323. The molecule has 2 saturated heterocycles. The lowest BCUT2D eigenvalue weighted by Crippen LogP contribution is -2.37. The van der Waals surface area contributed by atoms with Crippen molar-refractivity contribution in [2.45, 2.75) is 25.7 Å². The van der Waals surface area contributed by atoms with Gasteiger partial charge in [0.1, 0.15) is 17.5 Å². The maximum Gasteiger partial charge on any atom is 0.260 e. The van der Waals surface area contributed by atoms with Crippen LogP contribution >= 0.6 is 0 Å². The number of carbonyl (C=O) groups is 1. The second kappa shape index (κ2) is 7.83. The van der Waals surface area contributed by atoms with E-state index < -0.39 is 5.95 Å². The Morgan fingerprint density at radius 3 is 2.47 bits per heavy atom. The molecule has 1 saturated carbocycles. The van der Waals surface area contributed by atoms with Crippen molar-refractivity contribution in [3.63, 3.8) is 0 Å². The van der Waals surface area contributed by atoms with Gasteiger partial charge >= 0.3 is 0 Å². The molecule has 1 amide bonds. The lowest BCUT2D eigenvalue weighted by molar-refractivity contribution is 0.102. The summed E-state index contributed by atoms with van der Waals surface area (Å²) in [6.45, 7) is 4.49. The fourth-order valence-electron chi connectivity index (χ4n) is 4.36. The highest BCUT2D eigenvalue weighted by Gasteiger charge is 2.44. The first-order valence-corrected chi connectivity index (χ1v) is 10.6. The topological polar surface area (TPSA) is 70.6 Å². The molecule has 1 N–H and O–H groups in total. The molecule has 30 heavy (non-hydrogen) atoms. The Labute approximate surface area is 175 Å². The monoisotopic (exact) mass is 411 g/mol. The van der Waals surface area contributed by atoms with Crippen molar-refractivity contribution >= 4 is 23.4 Å². The number of ether oxygens (including phenoxy) is 1. The van der Waals surface area contributed by atoms with E-state index in [9.17, 15) is 9.18 Å². The van der Waals surface area contributed by atoms with Gasteiger partial charge in [-0.15, -0.1) is 0 Å². The van der Waals surface area contributed by atoms with Gasteiger partial charge in [-0.2, -0.15) is 4.39 Å². The highest BCUT2D eigenvalue weighted by molar-refractivity contribution is 6.07. The third-order valence-electron chi connectivity index (χ3n) is 6.48. The minimum Gasteiger partial charge on any atom is -0.378 e. The number of pyridine rings is 2. The van der Waals surface area contributed by atoms with Crippen LogP contribution in [0.1, 0.15) is 36.0 Å². The number of amides is 1. The Kier molecular flexibility index (Phi) is 5.02. The number of rotatable bonds is 4. The van der Waals surface area contributed by atoms with Gasteiger partial charge in [0.15, 0.2) is 0 Å². The van der Waals surface area contributed by atoms with Gasteiger partial charge in [0.25, 0.3) is 5.91 Å². The molecule has 0 bridgehead atoms. The Morgan fingerprint density at radius 2 is 1.73 bits per heavy atom. The summed E-state index contributed by atoms with van der Waals surface area (Å²) in [6, 6.07) is 8.31. The molecule has 1 spiro atoms. The number of morpholine rings is 1. The summed E-state index contributed by atoms with van der Waals surface area (Å²) in [5.74, 6) is 0.804. The molecule has 0 unspecified atom stereocenters. The van der Waals surface area contributed by atoms with Gasteiger partial charge in [-0.3, -0.25) is 4.79 Å². The first kappa shape index (κ1) is 19.2. The van der Waals surface area contributed by atoms with Gasteiger partial charge in [-0.1, -0.05) is 6.07 Å². The van der Waals surface area contributed by atoms with Crippen molar-refractivity contribution in [1.82, 2.24) is 9.97 Å². The first-order valence-electron chi connectivity index (χ1n) is 10.6. The zero-order valence-electron chi connectivity index (χ0n) is 16.9. The molecular formula is C22H26FN5O2. The van der Waals surface area contributed by atoms with Crippen LogP contribution in [0.3, 0.4) is 0 Å². The quantitative estimate of drug-likeness (QED) is 0.780. The first-order chi connectivity index (χ1) is 14.6. The van der Waals surface area contributed by atoms with E-state index in [2.05, 4.69) is 20.2 Å². The number of hydrogen-bond donors (Lipinski definition) is 1. The number of anilines is 3. The van der Waals surface area contributed by atoms with Crippen molar-refractivity contribution in [3.8, 4) is 0 Å². The van der Waals surface area contributed by atoms with Crippen LogP contribution in [0, 0.1) is 11.4 Å². The molecule has 0 aromatic carbocycles. The van der Waals surface area contributed by atoms with E-state index in [4.69, 9.17) is 4.74 Å². The number of piperidine rings is 1. The zero-order chi connectivity index (χ0) is 20.6. The molecule has 2 aromatic rings. The molecular weight excluding hydrogens is 385 g/mol. The molecule has 1 aliphatic carbocycles. The fraction of sp³-hybridized carbons (Fsp3) is 0.500. The van der Waals surface area contributed by atoms with Crippen LogP contribution in [0.5, 0.6) is 0 Å². The Morgan fingerprint density at radius 1 is 0.967 bits per heavy atom. The number of carbonyl (C=O) groups excluding carboxylic acids is 1. The van der Waals surface area contributed by atoms with Crippen molar-refractivity contribution in [3.05, 3.63) is 41.8 Å². The summed E-state index contributed by atoms with van der Waals surface area (Å²) >= 11 is 0. The number of nitrogens with zero attached hydrogens (tertiary/aromatic N) is 4.